The molecule has 0 nitrogen and oxygen atoms in total. The third-order valence-corrected chi connectivity index (χ3v) is 1.65. The van der Waals surface area contributed by atoms with Crippen molar-refractivity contribution in [3.05, 3.63) is 6.42 Å². The van der Waals surface area contributed by atoms with E-state index in [1.807, 2.05) is 0 Å². The average Bonchev–Trinajstić information content (AvgIpc) is 1.83. The first-order valence-electron chi connectivity index (χ1n) is 3.59. The summed E-state index contributed by atoms with van der Waals surface area (Å²) in [5.74, 6) is 0.922. The van der Waals surface area contributed by atoms with Crippen molar-refractivity contribution in [2.75, 3.05) is 0 Å². The van der Waals surface area contributed by atoms with Gasteiger partial charge in [0.05, 0.1) is 0 Å². The van der Waals surface area contributed by atoms with Gasteiger partial charge >= 0.3 is 0 Å². The number of unbranched alkanes of at least 4 members (excludes halogenated alkanes) is 1. The Morgan fingerprint density at radius 3 is 2.33 bits per heavy atom. The molecule has 0 aromatic rings. The minimum Gasteiger partial charge on any atom is -0.332 e. The van der Waals surface area contributed by atoms with Crippen molar-refractivity contribution in [1.29, 1.82) is 0 Å². The second-order valence-electron chi connectivity index (χ2n) is 2.50. The van der Waals surface area contributed by atoms with Crippen LogP contribution in [0.2, 0.25) is 0 Å². The van der Waals surface area contributed by atoms with Gasteiger partial charge in [-0.15, -0.1) is 0 Å². The van der Waals surface area contributed by atoms with Gasteiger partial charge in [0.2, 0.25) is 0 Å². The third-order valence-electron chi connectivity index (χ3n) is 1.65. The van der Waals surface area contributed by atoms with Crippen molar-refractivity contribution in [3.63, 3.8) is 0 Å². The summed E-state index contributed by atoms with van der Waals surface area (Å²) in [6.07, 6.45) is 6.22. The minimum absolute atomic E-state index is 0. The van der Waals surface area contributed by atoms with Crippen LogP contribution >= 0.6 is 0 Å². The third kappa shape index (κ3) is 8.58. The molecule has 1 unspecified atom stereocenters. The Morgan fingerprint density at radius 1 is 1.44 bits per heavy atom. The molecule has 0 saturated heterocycles. The summed E-state index contributed by atoms with van der Waals surface area (Å²) < 4.78 is 0. The summed E-state index contributed by atoms with van der Waals surface area (Å²) in [5, 5.41) is 0. The predicted octanol–water partition coefficient (Wildman–Crippen LogP) is 3.03. The topological polar surface area (TPSA) is 0 Å². The van der Waals surface area contributed by atoms with Crippen LogP contribution in [-0.2, 0) is 18.6 Å². The molecule has 0 fully saturated rings. The maximum Gasteiger partial charge on any atom is 0 e. The zero-order valence-corrected chi connectivity index (χ0v) is 8.12. The molecule has 55 valence electrons. The van der Waals surface area contributed by atoms with Gasteiger partial charge in [-0.25, -0.2) is 0 Å². The molecule has 1 radical (unpaired) electrons. The summed E-state index contributed by atoms with van der Waals surface area (Å²) >= 11 is 0. The fourth-order valence-electron chi connectivity index (χ4n) is 0.655. The molecule has 9 heavy (non-hydrogen) atoms. The van der Waals surface area contributed by atoms with Gasteiger partial charge in [0.25, 0.3) is 0 Å². The average molecular weight is 164 g/mol. The van der Waals surface area contributed by atoms with Gasteiger partial charge in [0, 0.05) is 18.6 Å². The summed E-state index contributed by atoms with van der Waals surface area (Å²) in [4.78, 5) is 0. The van der Waals surface area contributed by atoms with E-state index < -0.39 is 0 Å². The Labute approximate surface area is 71.3 Å². The Balaban J connectivity index is 0. The van der Waals surface area contributed by atoms with Gasteiger partial charge in [-0.05, 0) is 5.92 Å². The Morgan fingerprint density at radius 2 is 2.00 bits per heavy atom. The Hall–Kier alpha value is 0.584. The molecule has 0 saturated carbocycles. The van der Waals surface area contributed by atoms with Crippen LogP contribution in [0.15, 0.2) is 0 Å². The zero-order chi connectivity index (χ0) is 6.41. The van der Waals surface area contributed by atoms with Crippen LogP contribution in [0.4, 0.5) is 0 Å². The van der Waals surface area contributed by atoms with Crippen LogP contribution in [-0.4, -0.2) is 0 Å². The molecule has 0 rings (SSSR count). The molecule has 0 bridgehead atoms. The number of rotatable bonds is 4. The molecule has 0 amide bonds. The minimum atomic E-state index is 0. The fourth-order valence-corrected chi connectivity index (χ4v) is 0.655. The first-order chi connectivity index (χ1) is 3.81. The van der Waals surface area contributed by atoms with Gasteiger partial charge in [-0.1, -0.05) is 26.7 Å². The first-order valence-corrected chi connectivity index (χ1v) is 3.59. The molecule has 0 aliphatic carbocycles. The second kappa shape index (κ2) is 8.58. The molecule has 0 heterocycles. The van der Waals surface area contributed by atoms with E-state index in [9.17, 15) is 0 Å². The van der Waals surface area contributed by atoms with Crippen molar-refractivity contribution < 1.29 is 18.6 Å². The van der Waals surface area contributed by atoms with Crippen molar-refractivity contribution in [3.8, 4) is 0 Å². The summed E-state index contributed by atoms with van der Waals surface area (Å²) in [5.41, 5.74) is 0. The van der Waals surface area contributed by atoms with Gasteiger partial charge < -0.3 is 6.42 Å². The van der Waals surface area contributed by atoms with Crippen molar-refractivity contribution in [1.82, 2.24) is 0 Å². The second-order valence-corrected chi connectivity index (χ2v) is 2.50. The number of hydrogen-bond donors (Lipinski definition) is 0. The van der Waals surface area contributed by atoms with Gasteiger partial charge in [-0.3, -0.25) is 0 Å². The molecular weight excluding hydrogens is 147 g/mol. The van der Waals surface area contributed by atoms with E-state index in [0.29, 0.717) is 0 Å². The van der Waals surface area contributed by atoms with E-state index in [0.717, 1.165) is 5.92 Å². The Bertz CT molecular complexity index is 43.8. The van der Waals surface area contributed by atoms with E-state index in [4.69, 9.17) is 0 Å². The molecule has 1 atom stereocenters. The van der Waals surface area contributed by atoms with Crippen LogP contribution in [0, 0.1) is 12.3 Å². The molecule has 1 heteroatoms. The normalized spacial score (nSPS) is 12.3. The van der Waals surface area contributed by atoms with Crippen LogP contribution < -0.4 is 0 Å². The smallest absolute Gasteiger partial charge is 0 e. The van der Waals surface area contributed by atoms with Gasteiger partial charge in [0.1, 0.15) is 0 Å². The van der Waals surface area contributed by atoms with Crippen LogP contribution in [0.3, 0.4) is 0 Å². The van der Waals surface area contributed by atoms with Crippen LogP contribution in [0.1, 0.15) is 40.0 Å². The summed E-state index contributed by atoms with van der Waals surface area (Å²) in [6.45, 7) is 6.69. The molecule has 0 aromatic carbocycles. The van der Waals surface area contributed by atoms with E-state index in [2.05, 4.69) is 27.2 Å². The predicted molar refractivity (Wildman–Crippen MR) is 38.7 cm³/mol. The van der Waals surface area contributed by atoms with Gasteiger partial charge in [0.15, 0.2) is 0 Å². The van der Waals surface area contributed by atoms with E-state index in [-0.39, 0.29) is 18.6 Å². The molecule has 0 N–H and O–H groups in total. The standard InChI is InChI=1S/C8H17.V/c1-4-6-7-8(3)5-2;/h4,8H,5-7H2,1-3H3;/q-1;. The van der Waals surface area contributed by atoms with Crippen molar-refractivity contribution in [2.24, 2.45) is 5.92 Å². The van der Waals surface area contributed by atoms with E-state index >= 15 is 0 Å². The summed E-state index contributed by atoms with van der Waals surface area (Å²) in [7, 11) is 0. The van der Waals surface area contributed by atoms with E-state index in [1.165, 1.54) is 19.3 Å². The maximum atomic E-state index is 2.31. The Kier molecular flexibility index (Phi) is 11.7. The monoisotopic (exact) mass is 164 g/mol. The summed E-state index contributed by atoms with van der Waals surface area (Å²) in [6, 6.07) is 0. The molecule has 0 aliphatic heterocycles. The quantitative estimate of drug-likeness (QED) is 0.560. The molecule has 0 aliphatic rings. The van der Waals surface area contributed by atoms with Crippen LogP contribution in [0.5, 0.6) is 0 Å². The molecule has 0 spiro atoms. The molecular formula is C8H17V-. The largest absolute Gasteiger partial charge is 0.332 e. The number of hydrogen-bond acceptors (Lipinski definition) is 0. The van der Waals surface area contributed by atoms with Gasteiger partial charge in [-0.2, -0.15) is 13.3 Å². The molecule has 0 aromatic heterocycles. The van der Waals surface area contributed by atoms with Crippen molar-refractivity contribution >= 4 is 0 Å². The van der Waals surface area contributed by atoms with Crippen molar-refractivity contribution in [2.45, 2.75) is 40.0 Å². The SMILES string of the molecule is C[CH-]CCC(C)CC.[V]. The zero-order valence-electron chi connectivity index (χ0n) is 6.72. The van der Waals surface area contributed by atoms with Crippen LogP contribution in [0.25, 0.3) is 0 Å². The van der Waals surface area contributed by atoms with E-state index in [1.54, 1.807) is 0 Å². The fraction of sp³-hybridized carbons (Fsp3) is 0.875. The maximum absolute atomic E-state index is 2.31. The first kappa shape index (κ1) is 12.3.